The molecule has 2 aromatic rings. The SMILES string of the molecule is CNCCN(C)C(=O)C(C)SCc1nc2sc(C)c(C)c2c(=O)[nH]1.Cl. The molecule has 6 nitrogen and oxygen atoms in total. The van der Waals surface area contributed by atoms with E-state index in [4.69, 9.17) is 0 Å². The molecule has 140 valence electrons. The van der Waals surface area contributed by atoms with E-state index < -0.39 is 0 Å². The van der Waals surface area contributed by atoms with Crippen molar-refractivity contribution in [3.05, 3.63) is 26.6 Å². The number of rotatable bonds is 7. The molecule has 0 fully saturated rings. The second kappa shape index (κ2) is 9.56. The topological polar surface area (TPSA) is 78.1 Å². The zero-order valence-electron chi connectivity index (χ0n) is 15.1. The first-order valence-corrected chi connectivity index (χ1v) is 9.71. The maximum Gasteiger partial charge on any atom is 0.259 e. The normalized spacial score (nSPS) is 12.0. The summed E-state index contributed by atoms with van der Waals surface area (Å²) in [5, 5.41) is 3.53. The van der Waals surface area contributed by atoms with Gasteiger partial charge in [0.15, 0.2) is 0 Å². The quantitative estimate of drug-likeness (QED) is 0.740. The van der Waals surface area contributed by atoms with Crippen molar-refractivity contribution in [2.75, 3.05) is 27.2 Å². The van der Waals surface area contributed by atoms with Crippen LogP contribution in [0.25, 0.3) is 10.2 Å². The van der Waals surface area contributed by atoms with Crippen LogP contribution in [0.4, 0.5) is 0 Å². The van der Waals surface area contributed by atoms with Crippen LogP contribution in [0.3, 0.4) is 0 Å². The van der Waals surface area contributed by atoms with Crippen LogP contribution in [-0.4, -0.2) is 53.2 Å². The molecule has 0 aliphatic carbocycles. The molecule has 1 atom stereocenters. The largest absolute Gasteiger partial charge is 0.344 e. The predicted octanol–water partition coefficient (Wildman–Crippen LogP) is 2.32. The number of nitrogens with one attached hydrogen (secondary N) is 2. The van der Waals surface area contributed by atoms with Crippen LogP contribution in [-0.2, 0) is 10.5 Å². The predicted molar refractivity (Wildman–Crippen MR) is 109 cm³/mol. The van der Waals surface area contributed by atoms with Crippen molar-refractivity contribution in [1.82, 2.24) is 20.2 Å². The Balaban J connectivity index is 0.00000312. The number of carbonyl (C=O) groups is 1. The minimum Gasteiger partial charge on any atom is -0.344 e. The summed E-state index contributed by atoms with van der Waals surface area (Å²) in [7, 11) is 3.67. The molecule has 0 saturated heterocycles. The Kier molecular flexibility index (Phi) is 8.40. The van der Waals surface area contributed by atoms with E-state index in [-0.39, 0.29) is 29.1 Å². The average Bonchev–Trinajstić information content (AvgIpc) is 2.84. The van der Waals surface area contributed by atoms with E-state index in [9.17, 15) is 9.59 Å². The lowest BCUT2D eigenvalue weighted by atomic mass is 10.2. The molecular weight excluding hydrogens is 380 g/mol. The molecule has 0 spiro atoms. The van der Waals surface area contributed by atoms with Crippen LogP contribution in [0.2, 0.25) is 0 Å². The van der Waals surface area contributed by atoms with Gasteiger partial charge in [-0.15, -0.1) is 35.5 Å². The number of aromatic nitrogens is 2. The highest BCUT2D eigenvalue weighted by atomic mass is 35.5. The van der Waals surface area contributed by atoms with Gasteiger partial charge in [-0.25, -0.2) is 4.98 Å². The van der Waals surface area contributed by atoms with Gasteiger partial charge >= 0.3 is 0 Å². The summed E-state index contributed by atoms with van der Waals surface area (Å²) in [6.07, 6.45) is 0. The number of hydrogen-bond acceptors (Lipinski definition) is 6. The first-order valence-electron chi connectivity index (χ1n) is 7.85. The van der Waals surface area contributed by atoms with Gasteiger partial charge in [0.2, 0.25) is 5.91 Å². The standard InChI is InChI=1S/C16H24N4O2S2.ClH/c1-9-10(2)24-15-13(9)14(21)18-12(19-15)8-23-11(3)16(22)20(5)7-6-17-4;/h11,17H,6-8H2,1-5H3,(H,18,19,21);1H. The van der Waals surface area contributed by atoms with Crippen molar-refractivity contribution in [3.63, 3.8) is 0 Å². The highest BCUT2D eigenvalue weighted by molar-refractivity contribution is 7.99. The highest BCUT2D eigenvalue weighted by Gasteiger charge is 2.18. The van der Waals surface area contributed by atoms with Crippen molar-refractivity contribution in [3.8, 4) is 0 Å². The molecule has 9 heteroatoms. The van der Waals surface area contributed by atoms with E-state index in [0.29, 0.717) is 23.5 Å². The van der Waals surface area contributed by atoms with E-state index in [1.54, 1.807) is 11.9 Å². The molecule has 2 N–H and O–H groups in total. The summed E-state index contributed by atoms with van der Waals surface area (Å²) in [6, 6.07) is 0. The fourth-order valence-corrected chi connectivity index (χ4v) is 4.26. The molecule has 1 amide bonds. The van der Waals surface area contributed by atoms with Crippen LogP contribution >= 0.6 is 35.5 Å². The lowest BCUT2D eigenvalue weighted by molar-refractivity contribution is -0.128. The summed E-state index contributed by atoms with van der Waals surface area (Å²) >= 11 is 3.03. The van der Waals surface area contributed by atoms with Crippen molar-refractivity contribution < 1.29 is 4.79 Å². The zero-order chi connectivity index (χ0) is 17.9. The van der Waals surface area contributed by atoms with Crippen molar-refractivity contribution >= 4 is 51.6 Å². The molecule has 1 unspecified atom stereocenters. The molecule has 2 heterocycles. The van der Waals surface area contributed by atoms with Gasteiger partial charge in [0.05, 0.1) is 16.4 Å². The number of thioether (sulfide) groups is 1. The molecular formula is C16H25ClN4O2S2. The number of fused-ring (bicyclic) bond motifs is 1. The summed E-state index contributed by atoms with van der Waals surface area (Å²) in [4.78, 5) is 35.5. The van der Waals surface area contributed by atoms with Gasteiger partial charge in [-0.1, -0.05) is 0 Å². The second-order valence-electron chi connectivity index (χ2n) is 5.79. The molecule has 2 aromatic heterocycles. The van der Waals surface area contributed by atoms with Crippen LogP contribution in [0.5, 0.6) is 0 Å². The molecule has 0 aliphatic rings. The third kappa shape index (κ3) is 5.20. The third-order valence-electron chi connectivity index (χ3n) is 3.98. The molecule has 0 bridgehead atoms. The molecule has 0 saturated carbocycles. The smallest absolute Gasteiger partial charge is 0.259 e. The van der Waals surface area contributed by atoms with Crippen LogP contribution in [0.15, 0.2) is 4.79 Å². The maximum atomic E-state index is 12.3. The van der Waals surface area contributed by atoms with Gasteiger partial charge in [-0.2, -0.15) is 0 Å². The monoisotopic (exact) mass is 404 g/mol. The van der Waals surface area contributed by atoms with Crippen LogP contribution < -0.4 is 10.9 Å². The van der Waals surface area contributed by atoms with Crippen molar-refractivity contribution in [1.29, 1.82) is 0 Å². The van der Waals surface area contributed by atoms with E-state index >= 15 is 0 Å². The number of H-pyrrole nitrogens is 1. The van der Waals surface area contributed by atoms with Crippen molar-refractivity contribution in [2.45, 2.75) is 31.8 Å². The fourth-order valence-electron chi connectivity index (χ4n) is 2.34. The number of halogens is 1. The third-order valence-corrected chi connectivity index (χ3v) is 6.22. The average molecular weight is 405 g/mol. The molecule has 0 aromatic carbocycles. The lowest BCUT2D eigenvalue weighted by Gasteiger charge is -2.20. The Labute approximate surface area is 162 Å². The molecule has 25 heavy (non-hydrogen) atoms. The Bertz CT molecular complexity index is 790. The van der Waals surface area contributed by atoms with Crippen LogP contribution in [0.1, 0.15) is 23.2 Å². The molecule has 2 rings (SSSR count). The van der Waals surface area contributed by atoms with Gasteiger partial charge in [0.25, 0.3) is 5.56 Å². The number of carbonyl (C=O) groups excluding carboxylic acids is 1. The van der Waals surface area contributed by atoms with Gasteiger partial charge in [0.1, 0.15) is 10.7 Å². The highest BCUT2D eigenvalue weighted by Crippen LogP contribution is 2.26. The number of aryl methyl sites for hydroxylation is 2. The van der Waals surface area contributed by atoms with Gasteiger partial charge in [-0.05, 0) is 33.4 Å². The lowest BCUT2D eigenvalue weighted by Crippen LogP contribution is -2.37. The van der Waals surface area contributed by atoms with Gasteiger partial charge in [0, 0.05) is 25.0 Å². The summed E-state index contributed by atoms with van der Waals surface area (Å²) in [5.74, 6) is 1.21. The summed E-state index contributed by atoms with van der Waals surface area (Å²) < 4.78 is 0. The summed E-state index contributed by atoms with van der Waals surface area (Å²) in [5.41, 5.74) is 0.903. The van der Waals surface area contributed by atoms with E-state index in [1.165, 1.54) is 23.1 Å². The number of nitrogens with zero attached hydrogens (tertiary/aromatic N) is 2. The first kappa shape index (κ1) is 22.0. The van der Waals surface area contributed by atoms with E-state index in [1.807, 2.05) is 27.8 Å². The second-order valence-corrected chi connectivity index (χ2v) is 8.32. The Morgan fingerprint density at radius 3 is 2.76 bits per heavy atom. The number of likely N-dealkylation sites (N-methyl/N-ethyl adjacent to an activating group) is 2. The number of amides is 1. The maximum absolute atomic E-state index is 12.3. The first-order chi connectivity index (χ1) is 11.3. The van der Waals surface area contributed by atoms with Gasteiger partial charge < -0.3 is 15.2 Å². The number of thiophene rings is 1. The van der Waals surface area contributed by atoms with Crippen LogP contribution in [0, 0.1) is 13.8 Å². The van der Waals surface area contributed by atoms with E-state index in [2.05, 4.69) is 15.3 Å². The molecule has 0 radical (unpaired) electrons. The number of hydrogen-bond donors (Lipinski definition) is 2. The van der Waals surface area contributed by atoms with Gasteiger partial charge in [-0.3, -0.25) is 9.59 Å². The van der Waals surface area contributed by atoms with Crippen molar-refractivity contribution in [2.24, 2.45) is 0 Å². The minimum absolute atomic E-state index is 0. The zero-order valence-corrected chi connectivity index (χ0v) is 17.6. The minimum atomic E-state index is -0.181. The number of aromatic amines is 1. The molecule has 0 aliphatic heterocycles. The fraction of sp³-hybridized carbons (Fsp3) is 0.562. The Morgan fingerprint density at radius 2 is 2.12 bits per heavy atom. The Morgan fingerprint density at radius 1 is 1.44 bits per heavy atom. The summed E-state index contributed by atoms with van der Waals surface area (Å²) in [6.45, 7) is 7.27. The van der Waals surface area contributed by atoms with E-state index in [0.717, 1.165) is 21.8 Å². The Hall–Kier alpha value is -1.09.